The first-order valence-corrected chi connectivity index (χ1v) is 7.02. The van der Waals surface area contributed by atoms with Crippen LogP contribution in [0.25, 0.3) is 0 Å². The smallest absolute Gasteiger partial charge is 0.134 e. The third kappa shape index (κ3) is 2.88. The van der Waals surface area contributed by atoms with Crippen molar-refractivity contribution < 1.29 is 9.50 Å². The van der Waals surface area contributed by atoms with E-state index in [2.05, 4.69) is 5.32 Å². The number of phenolic OH excluding ortho intramolecular Hbond substituents is 1. The quantitative estimate of drug-likeness (QED) is 0.797. The first-order chi connectivity index (χ1) is 9.63. The molecule has 104 valence electrons. The van der Waals surface area contributed by atoms with Crippen molar-refractivity contribution in [3.63, 3.8) is 0 Å². The molecular weight excluding hydrogens is 277 g/mol. The molecule has 2 aromatic rings. The molecule has 0 heterocycles. The van der Waals surface area contributed by atoms with Gasteiger partial charge in [-0.1, -0.05) is 23.7 Å². The van der Waals surface area contributed by atoms with E-state index in [0.29, 0.717) is 10.9 Å². The zero-order valence-electron chi connectivity index (χ0n) is 10.8. The number of nitrogens with one attached hydrogen (secondary N) is 1. The Hall–Kier alpha value is -1.74. The Kier molecular flexibility index (Phi) is 3.53. The van der Waals surface area contributed by atoms with Crippen molar-refractivity contribution in [3.8, 4) is 5.75 Å². The van der Waals surface area contributed by atoms with Gasteiger partial charge in [-0.2, -0.15) is 0 Å². The highest BCUT2D eigenvalue weighted by Gasteiger charge is 2.32. The van der Waals surface area contributed by atoms with E-state index in [9.17, 15) is 9.50 Å². The van der Waals surface area contributed by atoms with Crippen molar-refractivity contribution in [1.82, 2.24) is 0 Å². The maximum absolute atomic E-state index is 13.0. The molecule has 4 heteroatoms. The number of hydrogen-bond donors (Lipinski definition) is 2. The highest BCUT2D eigenvalue weighted by atomic mass is 35.5. The molecule has 2 N–H and O–H groups in total. The summed E-state index contributed by atoms with van der Waals surface area (Å²) < 4.78 is 13.0. The molecule has 20 heavy (non-hydrogen) atoms. The lowest BCUT2D eigenvalue weighted by atomic mass is 10.0. The summed E-state index contributed by atoms with van der Waals surface area (Å²) in [7, 11) is 0. The van der Waals surface area contributed by atoms with Crippen LogP contribution in [0, 0.1) is 11.7 Å². The second-order valence-corrected chi connectivity index (χ2v) is 5.58. The summed E-state index contributed by atoms with van der Waals surface area (Å²) in [6.07, 6.45) is 2.34. The first kappa shape index (κ1) is 13.3. The predicted octanol–water partition coefficient (Wildman–Crippen LogP) is 4.75. The van der Waals surface area contributed by atoms with Gasteiger partial charge >= 0.3 is 0 Å². The zero-order valence-corrected chi connectivity index (χ0v) is 11.6. The molecule has 0 bridgehead atoms. The number of hydrogen-bond acceptors (Lipinski definition) is 2. The highest BCUT2D eigenvalue weighted by Crippen LogP contribution is 2.43. The summed E-state index contributed by atoms with van der Waals surface area (Å²) in [5.74, 6) is 0.408. The van der Waals surface area contributed by atoms with Gasteiger partial charge in [0, 0.05) is 5.69 Å². The number of halogens is 2. The molecule has 1 atom stereocenters. The van der Waals surface area contributed by atoms with E-state index in [1.54, 1.807) is 18.2 Å². The molecule has 2 aromatic carbocycles. The van der Waals surface area contributed by atoms with Gasteiger partial charge in [-0.3, -0.25) is 0 Å². The Bertz CT molecular complexity index is 610. The molecule has 0 spiro atoms. The molecule has 0 amide bonds. The predicted molar refractivity (Wildman–Crippen MR) is 78.6 cm³/mol. The lowest BCUT2D eigenvalue weighted by molar-refractivity contribution is 0.475. The zero-order chi connectivity index (χ0) is 14.1. The third-order valence-corrected chi connectivity index (χ3v) is 3.90. The van der Waals surface area contributed by atoms with Crippen molar-refractivity contribution in [2.45, 2.75) is 18.9 Å². The molecule has 2 nitrogen and oxygen atoms in total. The molecule has 0 radical (unpaired) electrons. The molecule has 0 aromatic heterocycles. The highest BCUT2D eigenvalue weighted by molar-refractivity contribution is 6.32. The SMILES string of the molecule is Oc1ccc(NC(c2ccc(F)cc2)C2CC2)cc1Cl. The summed E-state index contributed by atoms with van der Waals surface area (Å²) >= 11 is 5.92. The van der Waals surface area contributed by atoms with Crippen LogP contribution in [-0.2, 0) is 0 Å². The van der Waals surface area contributed by atoms with Crippen LogP contribution in [0.2, 0.25) is 5.02 Å². The van der Waals surface area contributed by atoms with Crippen LogP contribution in [0.1, 0.15) is 24.4 Å². The fourth-order valence-corrected chi connectivity index (χ4v) is 2.53. The topological polar surface area (TPSA) is 32.3 Å². The first-order valence-electron chi connectivity index (χ1n) is 6.64. The van der Waals surface area contributed by atoms with Crippen LogP contribution in [0.15, 0.2) is 42.5 Å². The number of benzene rings is 2. The number of rotatable bonds is 4. The van der Waals surface area contributed by atoms with Crippen LogP contribution >= 0.6 is 11.6 Å². The van der Waals surface area contributed by atoms with Crippen molar-refractivity contribution in [3.05, 3.63) is 58.9 Å². The molecule has 1 aliphatic carbocycles. The number of anilines is 1. The van der Waals surface area contributed by atoms with Gasteiger partial charge in [-0.25, -0.2) is 4.39 Å². The fraction of sp³-hybridized carbons (Fsp3) is 0.250. The Morgan fingerprint density at radius 1 is 1.15 bits per heavy atom. The van der Waals surface area contributed by atoms with Gasteiger partial charge in [0.05, 0.1) is 11.1 Å². The molecule has 1 fully saturated rings. The van der Waals surface area contributed by atoms with Gasteiger partial charge in [0.2, 0.25) is 0 Å². The third-order valence-electron chi connectivity index (χ3n) is 3.59. The number of aromatic hydroxyl groups is 1. The van der Waals surface area contributed by atoms with Gasteiger partial charge in [-0.15, -0.1) is 0 Å². The van der Waals surface area contributed by atoms with Crippen LogP contribution in [0.4, 0.5) is 10.1 Å². The summed E-state index contributed by atoms with van der Waals surface area (Å²) in [6.45, 7) is 0. The summed E-state index contributed by atoms with van der Waals surface area (Å²) in [6, 6.07) is 11.8. The van der Waals surface area contributed by atoms with Crippen LogP contribution in [-0.4, -0.2) is 5.11 Å². The molecule has 0 saturated heterocycles. The Morgan fingerprint density at radius 3 is 2.45 bits per heavy atom. The minimum absolute atomic E-state index is 0.0713. The monoisotopic (exact) mass is 291 g/mol. The van der Waals surface area contributed by atoms with Crippen LogP contribution < -0.4 is 5.32 Å². The van der Waals surface area contributed by atoms with E-state index in [1.165, 1.54) is 25.0 Å². The minimum Gasteiger partial charge on any atom is -0.506 e. The van der Waals surface area contributed by atoms with Gasteiger partial charge < -0.3 is 10.4 Å². The standard InChI is InChI=1S/C16H15ClFNO/c17-14-9-13(7-8-15(14)20)19-16(10-1-2-10)11-3-5-12(18)6-4-11/h3-10,16,19-20H,1-2H2. The maximum atomic E-state index is 13.0. The van der Waals surface area contributed by atoms with Crippen molar-refractivity contribution in [1.29, 1.82) is 0 Å². The molecule has 3 rings (SSSR count). The van der Waals surface area contributed by atoms with E-state index >= 15 is 0 Å². The Morgan fingerprint density at radius 2 is 1.85 bits per heavy atom. The van der Waals surface area contributed by atoms with E-state index in [4.69, 9.17) is 11.6 Å². The van der Waals surface area contributed by atoms with E-state index in [0.717, 1.165) is 11.3 Å². The average molecular weight is 292 g/mol. The Balaban J connectivity index is 1.84. The molecule has 1 saturated carbocycles. The lowest BCUT2D eigenvalue weighted by Gasteiger charge is -2.20. The van der Waals surface area contributed by atoms with Crippen LogP contribution in [0.5, 0.6) is 5.75 Å². The second kappa shape index (κ2) is 5.33. The van der Waals surface area contributed by atoms with Gasteiger partial charge in [-0.05, 0) is 54.7 Å². The van der Waals surface area contributed by atoms with Gasteiger partial charge in [0.1, 0.15) is 11.6 Å². The normalized spacial score (nSPS) is 15.9. The van der Waals surface area contributed by atoms with Crippen molar-refractivity contribution in [2.24, 2.45) is 5.92 Å². The van der Waals surface area contributed by atoms with Crippen molar-refractivity contribution in [2.75, 3.05) is 5.32 Å². The molecular formula is C16H15ClFNO. The summed E-state index contributed by atoms with van der Waals surface area (Å²) in [5, 5.41) is 13.2. The maximum Gasteiger partial charge on any atom is 0.134 e. The van der Waals surface area contributed by atoms with E-state index in [-0.39, 0.29) is 17.6 Å². The van der Waals surface area contributed by atoms with E-state index < -0.39 is 0 Å². The largest absolute Gasteiger partial charge is 0.506 e. The number of phenols is 1. The van der Waals surface area contributed by atoms with Gasteiger partial charge in [0.15, 0.2) is 0 Å². The van der Waals surface area contributed by atoms with Crippen molar-refractivity contribution >= 4 is 17.3 Å². The lowest BCUT2D eigenvalue weighted by Crippen LogP contribution is -2.12. The molecule has 1 unspecified atom stereocenters. The Labute approximate surface area is 122 Å². The summed E-state index contributed by atoms with van der Waals surface area (Å²) in [4.78, 5) is 0. The minimum atomic E-state index is -0.226. The fourth-order valence-electron chi connectivity index (χ4n) is 2.35. The average Bonchev–Trinajstić information content (AvgIpc) is 3.26. The second-order valence-electron chi connectivity index (χ2n) is 5.18. The molecule has 1 aliphatic rings. The van der Waals surface area contributed by atoms with E-state index in [1.807, 2.05) is 12.1 Å². The van der Waals surface area contributed by atoms with Crippen LogP contribution in [0.3, 0.4) is 0 Å². The molecule has 0 aliphatic heterocycles. The summed E-state index contributed by atoms with van der Waals surface area (Å²) in [5.41, 5.74) is 1.92. The van der Waals surface area contributed by atoms with Gasteiger partial charge in [0.25, 0.3) is 0 Å².